The van der Waals surface area contributed by atoms with Crippen LogP contribution in [0.5, 0.6) is 0 Å². The van der Waals surface area contributed by atoms with Crippen molar-refractivity contribution in [2.75, 3.05) is 31.1 Å². The molecule has 1 aromatic carbocycles. The van der Waals surface area contributed by atoms with Gasteiger partial charge < -0.3 is 14.4 Å². The summed E-state index contributed by atoms with van der Waals surface area (Å²) in [4.78, 5) is 31.8. The van der Waals surface area contributed by atoms with Crippen molar-refractivity contribution in [2.45, 2.75) is 12.8 Å². The lowest BCUT2D eigenvalue weighted by Crippen LogP contribution is -2.48. The van der Waals surface area contributed by atoms with Crippen molar-refractivity contribution in [1.29, 1.82) is 0 Å². The second-order valence-corrected chi connectivity index (χ2v) is 6.34. The molecule has 0 spiro atoms. The number of halogens is 2. The van der Waals surface area contributed by atoms with E-state index in [2.05, 4.69) is 4.98 Å². The Morgan fingerprint density at radius 2 is 1.69 bits per heavy atom. The number of nitrogens with zero attached hydrogens (tertiary/aromatic N) is 4. The van der Waals surface area contributed by atoms with E-state index in [4.69, 9.17) is 0 Å². The minimum Gasteiger partial charge on any atom is -0.368 e. The number of carbonyl (C=O) groups excluding carboxylic acids is 2. The standard InChI is InChI=1S/C18H20F2N4O2/c1-22-11-16(21-12-22)17(25)2-3-18(26)24-6-4-23(5-7-24)15-9-13(19)8-14(20)10-15/h8-12H,2-7H2,1H3. The van der Waals surface area contributed by atoms with Crippen LogP contribution in [0.4, 0.5) is 14.5 Å². The number of carbonyl (C=O) groups is 2. The van der Waals surface area contributed by atoms with E-state index in [1.165, 1.54) is 12.1 Å². The summed E-state index contributed by atoms with van der Waals surface area (Å²) in [5.41, 5.74) is 0.832. The highest BCUT2D eigenvalue weighted by molar-refractivity contribution is 5.96. The minimum absolute atomic E-state index is 0.0978. The maximum atomic E-state index is 13.3. The van der Waals surface area contributed by atoms with Crippen LogP contribution in [0, 0.1) is 11.6 Å². The van der Waals surface area contributed by atoms with Gasteiger partial charge in [0.1, 0.15) is 17.3 Å². The van der Waals surface area contributed by atoms with Gasteiger partial charge in [-0.3, -0.25) is 9.59 Å². The molecule has 0 atom stereocenters. The van der Waals surface area contributed by atoms with Crippen LogP contribution in [0.1, 0.15) is 23.3 Å². The molecule has 1 aromatic heterocycles. The van der Waals surface area contributed by atoms with Crippen LogP contribution in [-0.4, -0.2) is 52.3 Å². The molecular weight excluding hydrogens is 342 g/mol. The molecule has 6 nitrogen and oxygen atoms in total. The lowest BCUT2D eigenvalue weighted by molar-refractivity contribution is -0.131. The summed E-state index contributed by atoms with van der Waals surface area (Å²) in [6.45, 7) is 1.88. The summed E-state index contributed by atoms with van der Waals surface area (Å²) in [7, 11) is 1.78. The summed E-state index contributed by atoms with van der Waals surface area (Å²) in [5, 5.41) is 0. The number of ketones is 1. The van der Waals surface area contributed by atoms with Crippen molar-refractivity contribution in [2.24, 2.45) is 7.05 Å². The van der Waals surface area contributed by atoms with Gasteiger partial charge in [-0.05, 0) is 12.1 Å². The van der Waals surface area contributed by atoms with Crippen LogP contribution >= 0.6 is 0 Å². The molecular formula is C18H20F2N4O2. The number of imidazole rings is 1. The number of aromatic nitrogens is 2. The molecule has 26 heavy (non-hydrogen) atoms. The van der Waals surface area contributed by atoms with E-state index in [1.54, 1.807) is 29.0 Å². The summed E-state index contributed by atoms with van der Waals surface area (Å²) in [6, 6.07) is 3.40. The van der Waals surface area contributed by atoms with Gasteiger partial charge in [-0.2, -0.15) is 0 Å². The number of aryl methyl sites for hydroxylation is 1. The van der Waals surface area contributed by atoms with E-state index in [-0.39, 0.29) is 24.5 Å². The van der Waals surface area contributed by atoms with E-state index < -0.39 is 11.6 Å². The Morgan fingerprint density at radius 1 is 1.04 bits per heavy atom. The molecule has 138 valence electrons. The molecule has 2 heterocycles. The molecule has 0 bridgehead atoms. The van der Waals surface area contributed by atoms with Gasteiger partial charge in [0.15, 0.2) is 5.78 Å². The summed E-state index contributed by atoms with van der Waals surface area (Å²) >= 11 is 0. The van der Waals surface area contributed by atoms with E-state index in [0.717, 1.165) is 6.07 Å². The first-order valence-corrected chi connectivity index (χ1v) is 8.42. The summed E-state index contributed by atoms with van der Waals surface area (Å²) < 4.78 is 28.4. The number of rotatable bonds is 5. The van der Waals surface area contributed by atoms with Gasteiger partial charge in [-0.1, -0.05) is 0 Å². The molecule has 1 amide bonds. The number of piperazine rings is 1. The lowest BCUT2D eigenvalue weighted by Gasteiger charge is -2.36. The van der Waals surface area contributed by atoms with Crippen molar-refractivity contribution in [3.8, 4) is 0 Å². The van der Waals surface area contributed by atoms with E-state index in [9.17, 15) is 18.4 Å². The second kappa shape index (κ2) is 7.63. The van der Waals surface area contributed by atoms with Gasteiger partial charge in [0.05, 0.1) is 6.33 Å². The first-order chi connectivity index (χ1) is 12.4. The maximum Gasteiger partial charge on any atom is 0.223 e. The molecule has 0 radical (unpaired) electrons. The largest absolute Gasteiger partial charge is 0.368 e. The van der Waals surface area contributed by atoms with Crippen molar-refractivity contribution < 1.29 is 18.4 Å². The first kappa shape index (κ1) is 18.0. The zero-order valence-electron chi connectivity index (χ0n) is 14.5. The fourth-order valence-corrected chi connectivity index (χ4v) is 3.00. The number of Topliss-reactive ketones (excluding diaryl/α,β-unsaturated/α-hetero) is 1. The third kappa shape index (κ3) is 4.25. The predicted molar refractivity (Wildman–Crippen MR) is 91.9 cm³/mol. The Bertz CT molecular complexity index is 793. The van der Waals surface area contributed by atoms with Gasteiger partial charge in [-0.15, -0.1) is 0 Å². The van der Waals surface area contributed by atoms with Crippen molar-refractivity contribution in [3.05, 3.63) is 48.1 Å². The molecule has 1 aliphatic heterocycles. The van der Waals surface area contributed by atoms with Gasteiger partial charge in [0, 0.05) is 64.0 Å². The lowest BCUT2D eigenvalue weighted by atomic mass is 10.1. The SMILES string of the molecule is Cn1cnc(C(=O)CCC(=O)N2CCN(c3cc(F)cc(F)c3)CC2)c1. The Hall–Kier alpha value is -2.77. The van der Waals surface area contributed by atoms with Crippen LogP contribution in [0.15, 0.2) is 30.7 Å². The second-order valence-electron chi connectivity index (χ2n) is 6.34. The van der Waals surface area contributed by atoms with Crippen LogP contribution in [0.25, 0.3) is 0 Å². The van der Waals surface area contributed by atoms with Crippen LogP contribution in [0.3, 0.4) is 0 Å². The zero-order valence-corrected chi connectivity index (χ0v) is 14.5. The van der Waals surface area contributed by atoms with Crippen LogP contribution in [0.2, 0.25) is 0 Å². The summed E-state index contributed by atoms with van der Waals surface area (Å²) in [6.07, 6.45) is 3.42. The normalized spacial score (nSPS) is 14.6. The van der Waals surface area contributed by atoms with Crippen molar-refractivity contribution >= 4 is 17.4 Å². The molecule has 0 unspecified atom stereocenters. The molecule has 1 fully saturated rings. The highest BCUT2D eigenvalue weighted by atomic mass is 19.1. The first-order valence-electron chi connectivity index (χ1n) is 8.42. The fraction of sp³-hybridized carbons (Fsp3) is 0.389. The maximum absolute atomic E-state index is 13.3. The number of hydrogen-bond acceptors (Lipinski definition) is 4. The van der Waals surface area contributed by atoms with Gasteiger partial charge in [-0.25, -0.2) is 13.8 Å². The third-order valence-electron chi connectivity index (χ3n) is 4.40. The highest BCUT2D eigenvalue weighted by Gasteiger charge is 2.22. The number of hydrogen-bond donors (Lipinski definition) is 0. The fourth-order valence-electron chi connectivity index (χ4n) is 3.00. The Kier molecular flexibility index (Phi) is 5.29. The van der Waals surface area contributed by atoms with Gasteiger partial charge in [0.2, 0.25) is 5.91 Å². The quantitative estimate of drug-likeness (QED) is 0.764. The average molecular weight is 362 g/mol. The monoisotopic (exact) mass is 362 g/mol. The Balaban J connectivity index is 1.49. The Labute approximate surface area is 150 Å². The molecule has 1 aliphatic rings. The van der Waals surface area contributed by atoms with Crippen LogP contribution < -0.4 is 4.90 Å². The molecule has 0 aliphatic carbocycles. The summed E-state index contributed by atoms with van der Waals surface area (Å²) in [5.74, 6) is -1.50. The smallest absolute Gasteiger partial charge is 0.223 e. The van der Waals surface area contributed by atoms with Crippen molar-refractivity contribution in [1.82, 2.24) is 14.5 Å². The van der Waals surface area contributed by atoms with Gasteiger partial charge >= 0.3 is 0 Å². The highest BCUT2D eigenvalue weighted by Crippen LogP contribution is 2.20. The molecule has 8 heteroatoms. The van der Waals surface area contributed by atoms with Crippen LogP contribution in [-0.2, 0) is 11.8 Å². The predicted octanol–water partition coefficient (Wildman–Crippen LogP) is 2.01. The van der Waals surface area contributed by atoms with E-state index in [1.807, 2.05) is 4.90 Å². The van der Waals surface area contributed by atoms with E-state index >= 15 is 0 Å². The molecule has 0 saturated carbocycles. The topological polar surface area (TPSA) is 58.4 Å². The average Bonchev–Trinajstić information content (AvgIpc) is 3.05. The van der Waals surface area contributed by atoms with Crippen molar-refractivity contribution in [3.63, 3.8) is 0 Å². The van der Waals surface area contributed by atoms with E-state index in [0.29, 0.717) is 37.6 Å². The Morgan fingerprint density at radius 3 is 2.27 bits per heavy atom. The zero-order chi connectivity index (χ0) is 18.7. The number of benzene rings is 1. The molecule has 3 rings (SSSR count). The number of anilines is 1. The third-order valence-corrected chi connectivity index (χ3v) is 4.40. The minimum atomic E-state index is -0.619. The molecule has 1 saturated heterocycles. The molecule has 0 N–H and O–H groups in total. The number of amides is 1. The van der Waals surface area contributed by atoms with Gasteiger partial charge in [0.25, 0.3) is 0 Å². The molecule has 2 aromatic rings.